The monoisotopic (exact) mass is 293 g/mol. The Kier molecular flexibility index (Phi) is 3.71. The van der Waals surface area contributed by atoms with E-state index in [0.717, 1.165) is 15.7 Å². The number of nitrogens with two attached hydrogens (primary N) is 1. The molecule has 0 fully saturated rings. The Labute approximate surface area is 108 Å². The van der Waals surface area contributed by atoms with E-state index in [2.05, 4.69) is 25.9 Å². The molecule has 0 radical (unpaired) electrons. The zero-order valence-corrected chi connectivity index (χ0v) is 10.9. The predicted molar refractivity (Wildman–Crippen MR) is 68.9 cm³/mol. The fraction of sp³-hybridized carbons (Fsp3) is 0.167. The molecule has 88 valence electrons. The lowest BCUT2D eigenvalue weighted by molar-refractivity contribution is 0.450. The fourth-order valence-corrected chi connectivity index (χ4v) is 1.81. The number of halogens is 1. The number of aryl methyl sites for hydroxylation is 1. The van der Waals surface area contributed by atoms with Crippen LogP contribution in [0, 0.1) is 6.92 Å². The molecule has 0 aliphatic rings. The van der Waals surface area contributed by atoms with Crippen LogP contribution in [0.3, 0.4) is 0 Å². The zero-order valence-electron chi connectivity index (χ0n) is 9.35. The van der Waals surface area contributed by atoms with Crippen LogP contribution in [0.4, 0.5) is 0 Å². The van der Waals surface area contributed by atoms with E-state index in [-0.39, 0.29) is 0 Å². The zero-order chi connectivity index (χ0) is 12.3. The van der Waals surface area contributed by atoms with Crippen LogP contribution in [0.15, 0.2) is 35.1 Å². The first-order valence-electron chi connectivity index (χ1n) is 5.14. The third kappa shape index (κ3) is 2.81. The van der Waals surface area contributed by atoms with Crippen LogP contribution in [0.1, 0.15) is 11.3 Å². The molecule has 0 saturated heterocycles. The maximum Gasteiger partial charge on any atom is 0.240 e. The first-order valence-corrected chi connectivity index (χ1v) is 5.94. The summed E-state index contributed by atoms with van der Waals surface area (Å²) in [7, 11) is 0. The van der Waals surface area contributed by atoms with Crippen LogP contribution >= 0.6 is 15.9 Å². The molecule has 0 amide bonds. The summed E-state index contributed by atoms with van der Waals surface area (Å²) in [6, 6.07) is 5.70. The van der Waals surface area contributed by atoms with Crippen molar-refractivity contribution in [2.75, 3.05) is 0 Å². The first kappa shape index (κ1) is 12.0. The molecule has 0 saturated carbocycles. The van der Waals surface area contributed by atoms with E-state index in [1.54, 1.807) is 12.4 Å². The van der Waals surface area contributed by atoms with E-state index < -0.39 is 0 Å². The van der Waals surface area contributed by atoms with Crippen molar-refractivity contribution in [3.05, 3.63) is 46.3 Å². The maximum absolute atomic E-state index is 5.71. The second-order valence-corrected chi connectivity index (χ2v) is 4.42. The molecule has 1 aromatic heterocycles. The number of nitrogens with zero attached hydrogens (tertiary/aromatic N) is 2. The standard InChI is InChI=1S/C12H12BrN3O/c1-8-12(16-5-4-15-8)17-11-3-2-10(13)6-9(11)7-14/h2-6H,7,14H2,1H3. The largest absolute Gasteiger partial charge is 0.437 e. The number of rotatable bonds is 3. The Hall–Kier alpha value is -1.46. The molecule has 0 aliphatic carbocycles. The number of benzene rings is 1. The lowest BCUT2D eigenvalue weighted by Crippen LogP contribution is -2.01. The van der Waals surface area contributed by atoms with Gasteiger partial charge in [-0.05, 0) is 25.1 Å². The minimum Gasteiger partial charge on any atom is -0.437 e. The smallest absolute Gasteiger partial charge is 0.240 e. The number of hydrogen-bond donors (Lipinski definition) is 1. The Morgan fingerprint density at radius 2 is 2.06 bits per heavy atom. The molecule has 0 spiro atoms. The van der Waals surface area contributed by atoms with Gasteiger partial charge in [-0.1, -0.05) is 15.9 Å². The summed E-state index contributed by atoms with van der Waals surface area (Å²) < 4.78 is 6.69. The summed E-state index contributed by atoms with van der Waals surface area (Å²) in [4.78, 5) is 8.25. The van der Waals surface area contributed by atoms with Gasteiger partial charge in [-0.15, -0.1) is 0 Å². The van der Waals surface area contributed by atoms with Crippen molar-refractivity contribution >= 4 is 15.9 Å². The molecule has 2 rings (SSSR count). The molecule has 0 aliphatic heterocycles. The van der Waals surface area contributed by atoms with Crippen LogP contribution in [0.2, 0.25) is 0 Å². The molecule has 0 bridgehead atoms. The van der Waals surface area contributed by atoms with Crippen molar-refractivity contribution in [2.45, 2.75) is 13.5 Å². The van der Waals surface area contributed by atoms with Crippen molar-refractivity contribution in [2.24, 2.45) is 5.73 Å². The number of ether oxygens (including phenoxy) is 1. The summed E-state index contributed by atoms with van der Waals surface area (Å²) in [6.45, 7) is 2.26. The van der Waals surface area contributed by atoms with E-state index in [9.17, 15) is 0 Å². The highest BCUT2D eigenvalue weighted by Crippen LogP contribution is 2.27. The van der Waals surface area contributed by atoms with Gasteiger partial charge >= 0.3 is 0 Å². The molecule has 17 heavy (non-hydrogen) atoms. The number of hydrogen-bond acceptors (Lipinski definition) is 4. The van der Waals surface area contributed by atoms with Crippen LogP contribution in [-0.4, -0.2) is 9.97 Å². The third-order valence-electron chi connectivity index (χ3n) is 2.29. The molecule has 0 atom stereocenters. The highest BCUT2D eigenvalue weighted by molar-refractivity contribution is 9.10. The lowest BCUT2D eigenvalue weighted by atomic mass is 10.2. The van der Waals surface area contributed by atoms with Crippen LogP contribution in [0.25, 0.3) is 0 Å². The van der Waals surface area contributed by atoms with Crippen LogP contribution < -0.4 is 10.5 Å². The van der Waals surface area contributed by atoms with Crippen LogP contribution in [-0.2, 0) is 6.54 Å². The molecule has 5 heteroatoms. The number of aromatic nitrogens is 2. The molecule has 4 nitrogen and oxygen atoms in total. The van der Waals surface area contributed by atoms with Gasteiger partial charge in [0.1, 0.15) is 5.75 Å². The van der Waals surface area contributed by atoms with E-state index >= 15 is 0 Å². The highest BCUT2D eigenvalue weighted by atomic mass is 79.9. The quantitative estimate of drug-likeness (QED) is 0.945. The Morgan fingerprint density at radius 1 is 1.29 bits per heavy atom. The average Bonchev–Trinajstić information content (AvgIpc) is 2.34. The minimum atomic E-state index is 0.411. The predicted octanol–water partition coefficient (Wildman–Crippen LogP) is 2.80. The van der Waals surface area contributed by atoms with Gasteiger partial charge in [0.25, 0.3) is 0 Å². The summed E-state index contributed by atoms with van der Waals surface area (Å²) in [5.74, 6) is 1.21. The van der Waals surface area contributed by atoms with Gasteiger partial charge in [-0.3, -0.25) is 4.98 Å². The van der Waals surface area contributed by atoms with Gasteiger partial charge in [-0.2, -0.15) is 0 Å². The Balaban J connectivity index is 2.33. The summed E-state index contributed by atoms with van der Waals surface area (Å²) in [6.07, 6.45) is 3.23. The van der Waals surface area contributed by atoms with E-state index in [0.29, 0.717) is 18.2 Å². The van der Waals surface area contributed by atoms with Crippen molar-refractivity contribution < 1.29 is 4.74 Å². The molecule has 1 heterocycles. The molecule has 2 aromatic rings. The summed E-state index contributed by atoms with van der Waals surface area (Å²) >= 11 is 3.40. The lowest BCUT2D eigenvalue weighted by Gasteiger charge is -2.10. The van der Waals surface area contributed by atoms with Crippen molar-refractivity contribution in [3.63, 3.8) is 0 Å². The average molecular weight is 294 g/mol. The van der Waals surface area contributed by atoms with E-state index in [1.807, 2.05) is 25.1 Å². The molecule has 0 unspecified atom stereocenters. The van der Waals surface area contributed by atoms with Gasteiger partial charge in [0.15, 0.2) is 0 Å². The van der Waals surface area contributed by atoms with Crippen molar-refractivity contribution in [1.82, 2.24) is 9.97 Å². The minimum absolute atomic E-state index is 0.411. The van der Waals surface area contributed by atoms with Crippen LogP contribution in [0.5, 0.6) is 11.6 Å². The normalized spacial score (nSPS) is 10.3. The SMILES string of the molecule is Cc1nccnc1Oc1ccc(Br)cc1CN. The molecule has 2 N–H and O–H groups in total. The van der Waals surface area contributed by atoms with E-state index in [1.165, 1.54) is 0 Å². The van der Waals surface area contributed by atoms with Gasteiger partial charge in [-0.25, -0.2) is 4.98 Å². The molecule has 1 aromatic carbocycles. The summed E-state index contributed by atoms with van der Waals surface area (Å²) in [5, 5.41) is 0. The van der Waals surface area contributed by atoms with Gasteiger partial charge in [0, 0.05) is 29.0 Å². The molecular formula is C12H12BrN3O. The second kappa shape index (κ2) is 5.25. The Morgan fingerprint density at radius 3 is 2.76 bits per heavy atom. The fourth-order valence-electron chi connectivity index (χ4n) is 1.41. The molecular weight excluding hydrogens is 282 g/mol. The first-order chi connectivity index (χ1) is 8.20. The van der Waals surface area contributed by atoms with Gasteiger partial charge in [0.2, 0.25) is 5.88 Å². The van der Waals surface area contributed by atoms with Crippen molar-refractivity contribution in [1.29, 1.82) is 0 Å². The van der Waals surface area contributed by atoms with Gasteiger partial charge in [0.05, 0.1) is 5.69 Å². The van der Waals surface area contributed by atoms with E-state index in [4.69, 9.17) is 10.5 Å². The van der Waals surface area contributed by atoms with Gasteiger partial charge < -0.3 is 10.5 Å². The Bertz CT molecular complexity index is 531. The summed E-state index contributed by atoms with van der Waals surface area (Å²) in [5.41, 5.74) is 7.34. The third-order valence-corrected chi connectivity index (χ3v) is 2.78. The van der Waals surface area contributed by atoms with Crippen molar-refractivity contribution in [3.8, 4) is 11.6 Å². The highest BCUT2D eigenvalue weighted by Gasteiger charge is 2.07. The maximum atomic E-state index is 5.71. The topological polar surface area (TPSA) is 61.0 Å². The second-order valence-electron chi connectivity index (χ2n) is 3.51.